The van der Waals surface area contributed by atoms with E-state index in [0.717, 1.165) is 17.9 Å². The van der Waals surface area contributed by atoms with E-state index in [2.05, 4.69) is 12.2 Å². The number of benzene rings is 1. The molecule has 3 nitrogen and oxygen atoms in total. The van der Waals surface area contributed by atoms with Crippen LogP contribution in [0.15, 0.2) is 24.3 Å². The lowest BCUT2D eigenvalue weighted by molar-refractivity contribution is 0.0998. The van der Waals surface area contributed by atoms with Crippen molar-refractivity contribution in [3.8, 4) is 5.75 Å². The van der Waals surface area contributed by atoms with Crippen LogP contribution in [-0.4, -0.2) is 30.9 Å². The van der Waals surface area contributed by atoms with Gasteiger partial charge in [-0.25, -0.2) is 0 Å². The number of nitrogens with one attached hydrogen (secondary N) is 1. The number of aryl methyl sites for hydroxylation is 1. The van der Waals surface area contributed by atoms with Crippen LogP contribution >= 0.6 is 0 Å². The smallest absolute Gasteiger partial charge is 0.122 e. The summed E-state index contributed by atoms with van der Waals surface area (Å²) in [6, 6.07) is 7.91. The molecule has 0 saturated heterocycles. The lowest BCUT2D eigenvalue weighted by Gasteiger charge is -2.34. The summed E-state index contributed by atoms with van der Waals surface area (Å²) >= 11 is 0. The van der Waals surface area contributed by atoms with Crippen LogP contribution in [0.25, 0.3) is 0 Å². The van der Waals surface area contributed by atoms with Crippen molar-refractivity contribution < 1.29 is 9.84 Å². The molecule has 21 heavy (non-hydrogen) atoms. The molecule has 3 heteroatoms. The first-order valence-corrected chi connectivity index (χ1v) is 8.16. The molecule has 1 aliphatic rings. The van der Waals surface area contributed by atoms with E-state index in [9.17, 15) is 5.11 Å². The molecule has 0 radical (unpaired) electrons. The van der Waals surface area contributed by atoms with Crippen LogP contribution in [-0.2, 0) is 0 Å². The second-order valence-electron chi connectivity index (χ2n) is 6.73. The number of hydrogen-bond acceptors (Lipinski definition) is 3. The first kappa shape index (κ1) is 16.3. The SMILES string of the molecule is Cc1ccccc1OCC(O)CNCC1(C)CCCCC1. The van der Waals surface area contributed by atoms with E-state index in [1.807, 2.05) is 31.2 Å². The maximum Gasteiger partial charge on any atom is 0.122 e. The Morgan fingerprint density at radius 3 is 2.67 bits per heavy atom. The largest absolute Gasteiger partial charge is 0.491 e. The van der Waals surface area contributed by atoms with Crippen LogP contribution in [0.3, 0.4) is 0 Å². The highest BCUT2D eigenvalue weighted by atomic mass is 16.5. The van der Waals surface area contributed by atoms with Crippen molar-refractivity contribution >= 4 is 0 Å². The van der Waals surface area contributed by atoms with Gasteiger partial charge in [-0.2, -0.15) is 0 Å². The first-order valence-electron chi connectivity index (χ1n) is 8.16. The van der Waals surface area contributed by atoms with Gasteiger partial charge in [0.1, 0.15) is 18.5 Å². The molecule has 0 aliphatic heterocycles. The third kappa shape index (κ3) is 5.33. The molecule has 1 atom stereocenters. The van der Waals surface area contributed by atoms with Gasteiger partial charge in [0.2, 0.25) is 0 Å². The Labute approximate surface area is 128 Å². The first-order chi connectivity index (χ1) is 10.1. The molecule has 0 spiro atoms. The van der Waals surface area contributed by atoms with Crippen LogP contribution in [0, 0.1) is 12.3 Å². The highest BCUT2D eigenvalue weighted by Gasteiger charge is 2.26. The maximum atomic E-state index is 10.0. The van der Waals surface area contributed by atoms with Crippen molar-refractivity contribution in [2.45, 2.75) is 52.1 Å². The summed E-state index contributed by atoms with van der Waals surface area (Å²) in [5.41, 5.74) is 1.52. The molecule has 0 aromatic heterocycles. The van der Waals surface area contributed by atoms with Gasteiger partial charge in [0.05, 0.1) is 0 Å². The highest BCUT2D eigenvalue weighted by molar-refractivity contribution is 5.31. The van der Waals surface area contributed by atoms with Gasteiger partial charge in [0, 0.05) is 13.1 Å². The van der Waals surface area contributed by atoms with Crippen molar-refractivity contribution in [2.75, 3.05) is 19.7 Å². The normalized spacial score (nSPS) is 19.2. The molecule has 1 aliphatic carbocycles. The Kier molecular flexibility index (Phi) is 6.07. The zero-order valence-electron chi connectivity index (χ0n) is 13.4. The Balaban J connectivity index is 1.65. The van der Waals surface area contributed by atoms with Gasteiger partial charge in [0.25, 0.3) is 0 Å². The molecule has 2 rings (SSSR count). The number of rotatable bonds is 7. The minimum absolute atomic E-state index is 0.342. The molecule has 1 aromatic rings. The third-order valence-electron chi connectivity index (χ3n) is 4.52. The Morgan fingerprint density at radius 1 is 1.24 bits per heavy atom. The van der Waals surface area contributed by atoms with Gasteiger partial charge in [-0.3, -0.25) is 0 Å². The summed E-state index contributed by atoms with van der Waals surface area (Å²) in [6.45, 7) is 6.31. The van der Waals surface area contributed by atoms with Crippen LogP contribution in [0.5, 0.6) is 5.75 Å². The van der Waals surface area contributed by atoms with Gasteiger partial charge in [0.15, 0.2) is 0 Å². The molecular formula is C18H29NO2. The maximum absolute atomic E-state index is 10.0. The number of hydrogen-bond donors (Lipinski definition) is 2. The van der Waals surface area contributed by atoms with Crippen molar-refractivity contribution in [1.29, 1.82) is 0 Å². The number of aliphatic hydroxyl groups excluding tert-OH is 1. The third-order valence-corrected chi connectivity index (χ3v) is 4.52. The summed E-state index contributed by atoms with van der Waals surface area (Å²) in [7, 11) is 0. The summed E-state index contributed by atoms with van der Waals surface area (Å²) in [5, 5.41) is 13.4. The van der Waals surface area contributed by atoms with Crippen molar-refractivity contribution in [3.05, 3.63) is 29.8 Å². The number of para-hydroxylation sites is 1. The zero-order valence-corrected chi connectivity index (χ0v) is 13.4. The van der Waals surface area contributed by atoms with Gasteiger partial charge in [-0.05, 0) is 36.8 Å². The van der Waals surface area contributed by atoms with Crippen LogP contribution in [0.1, 0.15) is 44.6 Å². The molecule has 1 saturated carbocycles. The standard InChI is InChI=1S/C18H29NO2/c1-15-8-4-5-9-17(15)21-13-16(20)12-19-14-18(2)10-6-3-7-11-18/h4-5,8-9,16,19-20H,3,6-7,10-14H2,1-2H3. The van der Waals surface area contributed by atoms with E-state index in [0.29, 0.717) is 18.6 Å². The Morgan fingerprint density at radius 2 is 1.95 bits per heavy atom. The van der Waals surface area contributed by atoms with Crippen LogP contribution in [0.2, 0.25) is 0 Å². The average molecular weight is 291 g/mol. The van der Waals surface area contributed by atoms with E-state index < -0.39 is 6.10 Å². The van der Waals surface area contributed by atoms with Gasteiger partial charge in [-0.15, -0.1) is 0 Å². The molecule has 0 heterocycles. The Hall–Kier alpha value is -1.06. The molecule has 118 valence electrons. The fourth-order valence-corrected chi connectivity index (χ4v) is 3.09. The summed E-state index contributed by atoms with van der Waals surface area (Å²) < 4.78 is 5.68. The average Bonchev–Trinajstić information content (AvgIpc) is 2.47. The van der Waals surface area contributed by atoms with E-state index in [4.69, 9.17) is 4.74 Å². The van der Waals surface area contributed by atoms with Gasteiger partial charge in [-0.1, -0.05) is 44.4 Å². The second-order valence-corrected chi connectivity index (χ2v) is 6.73. The van der Waals surface area contributed by atoms with Gasteiger partial charge < -0.3 is 15.2 Å². The van der Waals surface area contributed by atoms with Crippen molar-refractivity contribution in [2.24, 2.45) is 5.41 Å². The quantitative estimate of drug-likeness (QED) is 0.810. The van der Waals surface area contributed by atoms with Crippen molar-refractivity contribution in [3.63, 3.8) is 0 Å². The van der Waals surface area contributed by atoms with E-state index in [1.165, 1.54) is 32.1 Å². The minimum atomic E-state index is -0.461. The van der Waals surface area contributed by atoms with Crippen LogP contribution < -0.4 is 10.1 Å². The molecular weight excluding hydrogens is 262 g/mol. The van der Waals surface area contributed by atoms with E-state index in [1.54, 1.807) is 0 Å². The minimum Gasteiger partial charge on any atom is -0.491 e. The monoisotopic (exact) mass is 291 g/mol. The second kappa shape index (κ2) is 7.81. The molecule has 1 aromatic carbocycles. The number of aliphatic hydroxyl groups is 1. The summed E-state index contributed by atoms with van der Waals surface area (Å²) in [5.74, 6) is 0.857. The predicted octanol–water partition coefficient (Wildman–Crippen LogP) is 3.29. The summed E-state index contributed by atoms with van der Waals surface area (Å²) in [4.78, 5) is 0. The topological polar surface area (TPSA) is 41.5 Å². The van der Waals surface area contributed by atoms with Crippen LogP contribution in [0.4, 0.5) is 0 Å². The molecule has 0 bridgehead atoms. The zero-order chi connectivity index (χ0) is 15.1. The fourth-order valence-electron chi connectivity index (χ4n) is 3.09. The van der Waals surface area contributed by atoms with E-state index in [-0.39, 0.29) is 0 Å². The molecule has 1 unspecified atom stereocenters. The van der Waals surface area contributed by atoms with Gasteiger partial charge >= 0.3 is 0 Å². The fraction of sp³-hybridized carbons (Fsp3) is 0.667. The predicted molar refractivity (Wildman–Crippen MR) is 86.7 cm³/mol. The highest BCUT2D eigenvalue weighted by Crippen LogP contribution is 2.34. The van der Waals surface area contributed by atoms with E-state index >= 15 is 0 Å². The lowest BCUT2D eigenvalue weighted by atomic mass is 9.76. The van der Waals surface area contributed by atoms with Crippen molar-refractivity contribution in [1.82, 2.24) is 5.32 Å². The molecule has 2 N–H and O–H groups in total. The molecule has 1 fully saturated rings. The lowest BCUT2D eigenvalue weighted by Crippen LogP contribution is -2.39. The molecule has 0 amide bonds. The summed E-state index contributed by atoms with van der Waals surface area (Å²) in [6.07, 6.45) is 6.21. The Bertz CT molecular complexity index is 427. The number of ether oxygens (including phenoxy) is 1.